The van der Waals surface area contributed by atoms with Gasteiger partial charge in [0.25, 0.3) is 0 Å². The first-order valence-corrected chi connectivity index (χ1v) is 24.2. The van der Waals surface area contributed by atoms with E-state index >= 15 is 0 Å². The number of fused-ring (bicyclic) bond motifs is 2. The molecular formula is C56H41GeN. The fraction of sp³-hybridized carbons (Fsp3) is 0. The number of hydrogen-bond donors (Lipinski definition) is 0. The van der Waals surface area contributed by atoms with E-state index in [0.717, 1.165) is 17.1 Å². The Labute approximate surface area is 343 Å². The van der Waals surface area contributed by atoms with Gasteiger partial charge in [0, 0.05) is 10.8 Å². The van der Waals surface area contributed by atoms with Crippen LogP contribution in [0.5, 0.6) is 0 Å². The van der Waals surface area contributed by atoms with Crippen molar-refractivity contribution in [2.24, 2.45) is 0 Å². The molecular weight excluding hydrogens is 759 g/mol. The standard InChI is InChI=1S/C56H41GeN/c1-4-20-48(21-5-1)57(49-22-6-2-7-23-49,50-24-8-3-9-25-50)51-38-34-44(35-39-51)42-30-32-43(33-31-42)45-36-40-52(41-37-45)58(55-28-14-18-46-16-10-12-26-53(46)55)56-29-15-19-47-17-11-13-27-54(47)56/h1-41H. The second kappa shape index (κ2) is 15.5. The molecule has 10 aromatic rings. The molecule has 0 fully saturated rings. The maximum atomic E-state index is 2.41. The van der Waals surface area contributed by atoms with Crippen LogP contribution in [0, 0.1) is 0 Å². The van der Waals surface area contributed by atoms with Gasteiger partial charge in [0.2, 0.25) is 0 Å². The summed E-state index contributed by atoms with van der Waals surface area (Å²) in [6.07, 6.45) is 0. The van der Waals surface area contributed by atoms with Crippen LogP contribution >= 0.6 is 0 Å². The predicted octanol–water partition coefficient (Wildman–Crippen LogP) is 12.2. The Balaban J connectivity index is 0.988. The Morgan fingerprint density at radius 2 is 0.552 bits per heavy atom. The van der Waals surface area contributed by atoms with E-state index in [2.05, 4.69) is 254 Å². The third-order valence-electron chi connectivity index (χ3n) is 11.6. The number of nitrogens with zero attached hydrogens (tertiary/aromatic N) is 1. The van der Waals surface area contributed by atoms with Gasteiger partial charge in [-0.25, -0.2) is 0 Å². The molecule has 0 N–H and O–H groups in total. The molecule has 274 valence electrons. The fourth-order valence-electron chi connectivity index (χ4n) is 8.85. The molecule has 0 amide bonds. The van der Waals surface area contributed by atoms with E-state index in [1.54, 1.807) is 0 Å². The van der Waals surface area contributed by atoms with Gasteiger partial charge in [0.15, 0.2) is 0 Å². The van der Waals surface area contributed by atoms with Gasteiger partial charge in [-0.2, -0.15) is 0 Å². The zero-order valence-corrected chi connectivity index (χ0v) is 34.2. The first-order valence-electron chi connectivity index (χ1n) is 20.0. The topological polar surface area (TPSA) is 3.24 Å². The fourth-order valence-corrected chi connectivity index (χ4v) is 18.8. The number of rotatable bonds is 9. The first kappa shape index (κ1) is 35.5. The number of anilines is 3. The van der Waals surface area contributed by atoms with Gasteiger partial charge in [0.1, 0.15) is 0 Å². The Morgan fingerprint density at radius 3 is 0.966 bits per heavy atom. The van der Waals surface area contributed by atoms with Crippen LogP contribution in [0.4, 0.5) is 17.1 Å². The van der Waals surface area contributed by atoms with Crippen molar-refractivity contribution in [3.8, 4) is 22.3 Å². The van der Waals surface area contributed by atoms with Gasteiger partial charge in [-0.05, 0) is 22.9 Å². The summed E-state index contributed by atoms with van der Waals surface area (Å²) in [5, 5.41) is 4.89. The zero-order valence-electron chi connectivity index (χ0n) is 32.1. The van der Waals surface area contributed by atoms with Gasteiger partial charge < -0.3 is 4.90 Å². The maximum absolute atomic E-state index is 3.30. The molecule has 0 aromatic heterocycles. The van der Waals surface area contributed by atoms with E-state index in [-0.39, 0.29) is 0 Å². The van der Waals surface area contributed by atoms with Crippen LogP contribution in [0.2, 0.25) is 0 Å². The minimum absolute atomic E-state index is 1.12. The minimum atomic E-state index is -3.30. The second-order valence-corrected chi connectivity index (χ2v) is 22.9. The summed E-state index contributed by atoms with van der Waals surface area (Å²) in [6.45, 7) is 0. The molecule has 0 atom stereocenters. The summed E-state index contributed by atoms with van der Waals surface area (Å²) in [6, 6.07) is 91.5. The molecule has 0 bridgehead atoms. The molecule has 58 heavy (non-hydrogen) atoms. The normalized spacial score (nSPS) is 11.4. The van der Waals surface area contributed by atoms with Gasteiger partial charge >= 0.3 is 223 Å². The van der Waals surface area contributed by atoms with E-state index < -0.39 is 13.3 Å². The van der Waals surface area contributed by atoms with Crippen LogP contribution in [0.25, 0.3) is 43.8 Å². The van der Waals surface area contributed by atoms with Crippen LogP contribution < -0.4 is 22.5 Å². The average Bonchev–Trinajstić information content (AvgIpc) is 3.31. The monoisotopic (exact) mass is 801 g/mol. The van der Waals surface area contributed by atoms with E-state index in [1.807, 2.05) is 0 Å². The zero-order chi connectivity index (χ0) is 38.7. The van der Waals surface area contributed by atoms with E-state index in [4.69, 9.17) is 0 Å². The third-order valence-corrected chi connectivity index (χ3v) is 21.7. The molecule has 0 saturated heterocycles. The molecule has 0 saturated carbocycles. The molecule has 0 aliphatic rings. The molecule has 10 aromatic carbocycles. The first-order chi connectivity index (χ1) is 28.8. The SMILES string of the molecule is c1cc[c]([Ge]([c]2ccccc2)([c]2ccccc2)[c]2ccc(-c3ccc(-c4ccc(N(c5cccc6ccccc56)c5cccc6ccccc56)cc4)cc3)cc2)cc1. The van der Waals surface area contributed by atoms with Crippen molar-refractivity contribution < 1.29 is 0 Å². The van der Waals surface area contributed by atoms with E-state index in [0.29, 0.717) is 0 Å². The molecule has 10 rings (SSSR count). The van der Waals surface area contributed by atoms with Crippen molar-refractivity contribution in [1.82, 2.24) is 0 Å². The van der Waals surface area contributed by atoms with Crippen molar-refractivity contribution in [2.45, 2.75) is 0 Å². The second-order valence-electron chi connectivity index (χ2n) is 14.9. The van der Waals surface area contributed by atoms with Crippen molar-refractivity contribution >= 4 is 69.5 Å². The molecule has 1 nitrogen and oxygen atoms in total. The summed E-state index contributed by atoms with van der Waals surface area (Å²) in [5.74, 6) is 0. The van der Waals surface area contributed by atoms with Crippen LogP contribution in [-0.4, -0.2) is 13.3 Å². The van der Waals surface area contributed by atoms with E-state index in [9.17, 15) is 0 Å². The van der Waals surface area contributed by atoms with Crippen LogP contribution in [0.3, 0.4) is 0 Å². The summed E-state index contributed by atoms with van der Waals surface area (Å²) in [7, 11) is 0. The molecule has 0 aliphatic heterocycles. The molecule has 0 unspecified atom stereocenters. The molecule has 0 radical (unpaired) electrons. The van der Waals surface area contributed by atoms with Crippen LogP contribution in [0.15, 0.2) is 249 Å². The molecule has 0 heterocycles. The number of hydrogen-bond acceptors (Lipinski definition) is 1. The molecule has 0 spiro atoms. The van der Waals surface area contributed by atoms with Gasteiger partial charge in [-0.1, -0.05) is 72.8 Å². The third kappa shape index (κ3) is 6.40. The van der Waals surface area contributed by atoms with Crippen LogP contribution in [0.1, 0.15) is 0 Å². The number of benzene rings is 10. The quantitative estimate of drug-likeness (QED) is 0.131. The van der Waals surface area contributed by atoms with Crippen molar-refractivity contribution in [3.63, 3.8) is 0 Å². The predicted molar refractivity (Wildman–Crippen MR) is 251 cm³/mol. The Morgan fingerprint density at radius 1 is 0.241 bits per heavy atom. The Bertz CT molecular complexity index is 2770. The van der Waals surface area contributed by atoms with Gasteiger partial charge in [-0.15, -0.1) is 0 Å². The van der Waals surface area contributed by atoms with E-state index in [1.165, 1.54) is 61.4 Å². The summed E-state index contributed by atoms with van der Waals surface area (Å²) in [5.41, 5.74) is 8.26. The van der Waals surface area contributed by atoms with Crippen LogP contribution in [-0.2, 0) is 0 Å². The average molecular weight is 801 g/mol. The Kier molecular flexibility index (Phi) is 9.50. The summed E-state index contributed by atoms with van der Waals surface area (Å²) >= 11 is -3.30. The van der Waals surface area contributed by atoms with Crippen molar-refractivity contribution in [2.75, 3.05) is 4.90 Å². The summed E-state index contributed by atoms with van der Waals surface area (Å²) < 4.78 is 5.71. The van der Waals surface area contributed by atoms with Gasteiger partial charge in [-0.3, -0.25) is 0 Å². The van der Waals surface area contributed by atoms with Gasteiger partial charge in [0.05, 0.1) is 11.4 Å². The Hall–Kier alpha value is -6.94. The molecule has 2 heteroatoms. The molecule has 0 aliphatic carbocycles. The van der Waals surface area contributed by atoms with Crippen molar-refractivity contribution in [1.29, 1.82) is 0 Å². The van der Waals surface area contributed by atoms with Crippen molar-refractivity contribution in [3.05, 3.63) is 249 Å². The summed E-state index contributed by atoms with van der Waals surface area (Å²) in [4.78, 5) is 2.41.